The van der Waals surface area contributed by atoms with Crippen molar-refractivity contribution in [1.29, 1.82) is 0 Å². The third kappa shape index (κ3) is 4.52. The smallest absolute Gasteiger partial charge is 0.123 e. The maximum Gasteiger partial charge on any atom is 0.123 e. The SMILES string of the molecule is CCCNC(c1cc(Br)cc(Br)c1)c1cc(F)ccc1Cl. The molecule has 2 aromatic carbocycles. The summed E-state index contributed by atoms with van der Waals surface area (Å²) in [7, 11) is 0. The van der Waals surface area contributed by atoms with Crippen LogP contribution < -0.4 is 5.32 Å². The molecule has 0 radical (unpaired) electrons. The van der Waals surface area contributed by atoms with Crippen LogP contribution in [-0.4, -0.2) is 6.54 Å². The first-order chi connectivity index (χ1) is 10.0. The monoisotopic (exact) mass is 433 g/mol. The number of halogens is 4. The number of nitrogens with one attached hydrogen (secondary N) is 1. The molecule has 0 fully saturated rings. The van der Waals surface area contributed by atoms with Gasteiger partial charge in [-0.2, -0.15) is 0 Å². The van der Waals surface area contributed by atoms with Crippen LogP contribution in [0, 0.1) is 5.82 Å². The molecule has 0 aliphatic heterocycles. The molecule has 1 N–H and O–H groups in total. The summed E-state index contributed by atoms with van der Waals surface area (Å²) in [4.78, 5) is 0. The molecule has 0 saturated carbocycles. The average Bonchev–Trinajstić information content (AvgIpc) is 2.42. The van der Waals surface area contributed by atoms with E-state index < -0.39 is 0 Å². The Morgan fingerprint density at radius 1 is 1.14 bits per heavy atom. The van der Waals surface area contributed by atoms with Crippen LogP contribution in [0.2, 0.25) is 5.02 Å². The quantitative estimate of drug-likeness (QED) is 0.599. The number of benzene rings is 2. The molecule has 2 aromatic rings. The van der Waals surface area contributed by atoms with Crippen molar-refractivity contribution in [1.82, 2.24) is 5.32 Å². The summed E-state index contributed by atoms with van der Waals surface area (Å²) in [6.45, 7) is 2.91. The van der Waals surface area contributed by atoms with Crippen molar-refractivity contribution in [2.75, 3.05) is 6.54 Å². The average molecular weight is 436 g/mol. The lowest BCUT2D eigenvalue weighted by Crippen LogP contribution is -2.23. The van der Waals surface area contributed by atoms with Crippen molar-refractivity contribution in [3.8, 4) is 0 Å². The van der Waals surface area contributed by atoms with Crippen LogP contribution >= 0.6 is 43.5 Å². The van der Waals surface area contributed by atoms with Gasteiger partial charge in [0.1, 0.15) is 5.82 Å². The molecule has 0 saturated heterocycles. The highest BCUT2D eigenvalue weighted by Gasteiger charge is 2.18. The van der Waals surface area contributed by atoms with E-state index in [-0.39, 0.29) is 11.9 Å². The molecule has 0 spiro atoms. The topological polar surface area (TPSA) is 12.0 Å². The van der Waals surface area contributed by atoms with Crippen molar-refractivity contribution in [2.24, 2.45) is 0 Å². The van der Waals surface area contributed by atoms with E-state index in [1.807, 2.05) is 18.2 Å². The fourth-order valence-electron chi connectivity index (χ4n) is 2.17. The first kappa shape index (κ1) is 16.9. The van der Waals surface area contributed by atoms with Gasteiger partial charge in [-0.3, -0.25) is 0 Å². The zero-order valence-corrected chi connectivity index (χ0v) is 15.4. The van der Waals surface area contributed by atoms with Crippen LogP contribution in [0.4, 0.5) is 4.39 Å². The minimum absolute atomic E-state index is 0.151. The van der Waals surface area contributed by atoms with E-state index in [0.717, 1.165) is 33.0 Å². The Labute approximate surface area is 146 Å². The van der Waals surface area contributed by atoms with Gasteiger partial charge in [0.05, 0.1) is 6.04 Å². The lowest BCUT2D eigenvalue weighted by atomic mass is 9.98. The minimum atomic E-state index is -0.285. The van der Waals surface area contributed by atoms with Crippen molar-refractivity contribution in [3.05, 3.63) is 67.3 Å². The molecule has 1 atom stereocenters. The van der Waals surface area contributed by atoms with Gasteiger partial charge in [-0.15, -0.1) is 0 Å². The molecule has 112 valence electrons. The van der Waals surface area contributed by atoms with Gasteiger partial charge in [-0.1, -0.05) is 50.4 Å². The van der Waals surface area contributed by atoms with Gasteiger partial charge in [0.2, 0.25) is 0 Å². The molecule has 1 unspecified atom stereocenters. The van der Waals surface area contributed by atoms with Gasteiger partial charge < -0.3 is 5.32 Å². The van der Waals surface area contributed by atoms with E-state index in [0.29, 0.717) is 5.02 Å². The van der Waals surface area contributed by atoms with E-state index in [1.165, 1.54) is 12.1 Å². The summed E-state index contributed by atoms with van der Waals surface area (Å²) in [5, 5.41) is 3.99. The first-order valence-electron chi connectivity index (χ1n) is 6.65. The predicted molar refractivity (Wildman–Crippen MR) is 93.4 cm³/mol. The van der Waals surface area contributed by atoms with Crippen molar-refractivity contribution < 1.29 is 4.39 Å². The molecule has 0 heterocycles. The molecule has 1 nitrogen and oxygen atoms in total. The molecule has 0 aliphatic carbocycles. The molecular formula is C16H15Br2ClFN. The Bertz CT molecular complexity index is 613. The van der Waals surface area contributed by atoms with Gasteiger partial charge in [0.15, 0.2) is 0 Å². The van der Waals surface area contributed by atoms with Crippen LogP contribution in [0.3, 0.4) is 0 Å². The molecule has 0 amide bonds. The Morgan fingerprint density at radius 3 is 2.43 bits per heavy atom. The minimum Gasteiger partial charge on any atom is -0.306 e. The molecule has 0 aromatic heterocycles. The van der Waals surface area contributed by atoms with E-state index >= 15 is 0 Å². The van der Waals surface area contributed by atoms with E-state index in [9.17, 15) is 4.39 Å². The van der Waals surface area contributed by atoms with Gasteiger partial charge in [0, 0.05) is 14.0 Å². The largest absolute Gasteiger partial charge is 0.306 e. The molecule has 21 heavy (non-hydrogen) atoms. The van der Waals surface area contributed by atoms with Crippen molar-refractivity contribution in [3.63, 3.8) is 0 Å². The maximum atomic E-state index is 13.6. The van der Waals surface area contributed by atoms with Crippen molar-refractivity contribution in [2.45, 2.75) is 19.4 Å². The highest BCUT2D eigenvalue weighted by atomic mass is 79.9. The van der Waals surface area contributed by atoms with Gasteiger partial charge in [-0.05, 0) is 60.5 Å². The second-order valence-corrected chi connectivity index (χ2v) is 6.99. The van der Waals surface area contributed by atoms with Gasteiger partial charge >= 0.3 is 0 Å². The van der Waals surface area contributed by atoms with E-state index in [4.69, 9.17) is 11.6 Å². The van der Waals surface area contributed by atoms with Crippen LogP contribution in [0.1, 0.15) is 30.5 Å². The number of hydrogen-bond acceptors (Lipinski definition) is 1. The number of hydrogen-bond donors (Lipinski definition) is 1. The number of rotatable bonds is 5. The predicted octanol–water partition coefficient (Wildman–Crippen LogP) is 6.09. The standard InChI is InChI=1S/C16H15Br2ClFN/c1-2-5-21-16(10-6-11(17)8-12(18)7-10)14-9-13(20)3-4-15(14)19/h3-4,6-9,16,21H,2,5H2,1H3. The fraction of sp³-hybridized carbons (Fsp3) is 0.250. The third-order valence-corrected chi connectivity index (χ3v) is 4.35. The molecule has 2 rings (SSSR count). The lowest BCUT2D eigenvalue weighted by molar-refractivity contribution is 0.585. The Morgan fingerprint density at radius 2 is 1.81 bits per heavy atom. The Kier molecular flexibility index (Phi) is 6.23. The third-order valence-electron chi connectivity index (χ3n) is 3.09. The van der Waals surface area contributed by atoms with Gasteiger partial charge in [-0.25, -0.2) is 4.39 Å². The zero-order chi connectivity index (χ0) is 15.4. The highest BCUT2D eigenvalue weighted by molar-refractivity contribution is 9.11. The van der Waals surface area contributed by atoms with Crippen LogP contribution in [-0.2, 0) is 0 Å². The molecular weight excluding hydrogens is 420 g/mol. The Hall–Kier alpha value is -0.420. The van der Waals surface area contributed by atoms with Gasteiger partial charge in [0.25, 0.3) is 0 Å². The van der Waals surface area contributed by atoms with Crippen LogP contribution in [0.25, 0.3) is 0 Å². The molecule has 5 heteroatoms. The lowest BCUT2D eigenvalue weighted by Gasteiger charge is -2.21. The zero-order valence-electron chi connectivity index (χ0n) is 11.5. The molecule has 0 bridgehead atoms. The maximum absolute atomic E-state index is 13.6. The second-order valence-electron chi connectivity index (χ2n) is 4.76. The van der Waals surface area contributed by atoms with E-state index in [2.05, 4.69) is 44.1 Å². The summed E-state index contributed by atoms with van der Waals surface area (Å²) < 4.78 is 15.5. The van der Waals surface area contributed by atoms with E-state index in [1.54, 1.807) is 6.07 Å². The summed E-state index contributed by atoms with van der Waals surface area (Å²) in [5.41, 5.74) is 1.77. The summed E-state index contributed by atoms with van der Waals surface area (Å²) >= 11 is 13.2. The normalized spacial score (nSPS) is 12.4. The van der Waals surface area contributed by atoms with Crippen LogP contribution in [0.15, 0.2) is 45.3 Å². The first-order valence-corrected chi connectivity index (χ1v) is 8.62. The second kappa shape index (κ2) is 7.73. The fourth-order valence-corrected chi connectivity index (χ4v) is 3.73. The summed E-state index contributed by atoms with van der Waals surface area (Å²) in [5.74, 6) is -0.285. The molecule has 0 aliphatic rings. The highest BCUT2D eigenvalue weighted by Crippen LogP contribution is 2.32. The van der Waals surface area contributed by atoms with Crippen LogP contribution in [0.5, 0.6) is 0 Å². The Balaban J connectivity index is 2.49. The van der Waals surface area contributed by atoms with Crippen molar-refractivity contribution >= 4 is 43.5 Å². The summed E-state index contributed by atoms with van der Waals surface area (Å²) in [6, 6.07) is 10.3. The summed E-state index contributed by atoms with van der Waals surface area (Å²) in [6.07, 6.45) is 0.985.